The molecule has 0 aliphatic carbocycles. The van der Waals surface area contributed by atoms with Crippen molar-refractivity contribution in [2.75, 3.05) is 7.11 Å². The second kappa shape index (κ2) is 4.76. The Morgan fingerprint density at radius 1 is 1.44 bits per heavy atom. The Morgan fingerprint density at radius 2 is 2.31 bits per heavy atom. The molecule has 1 heterocycles. The molecule has 0 aliphatic heterocycles. The molecule has 0 fully saturated rings. The summed E-state index contributed by atoms with van der Waals surface area (Å²) in [6.07, 6.45) is 0.532. The van der Waals surface area contributed by atoms with E-state index in [0.29, 0.717) is 18.1 Å². The number of nitrogens with zero attached hydrogens (tertiary/aromatic N) is 2. The number of aromatic nitrogens is 2. The van der Waals surface area contributed by atoms with Crippen molar-refractivity contribution in [3.63, 3.8) is 0 Å². The number of methoxy groups -OCH3 is 1. The highest BCUT2D eigenvalue weighted by atomic mass is 16.5. The van der Waals surface area contributed by atoms with E-state index in [1.54, 1.807) is 7.11 Å². The van der Waals surface area contributed by atoms with Crippen LogP contribution in [0.15, 0.2) is 28.8 Å². The molecule has 2 aromatic rings. The van der Waals surface area contributed by atoms with E-state index in [-0.39, 0.29) is 6.61 Å². The Kier molecular flexibility index (Phi) is 3.16. The molecule has 0 spiro atoms. The quantitative estimate of drug-likeness (QED) is 0.837. The molecule has 0 amide bonds. The third kappa shape index (κ3) is 2.38. The van der Waals surface area contributed by atoms with Crippen LogP contribution in [-0.2, 0) is 13.0 Å². The van der Waals surface area contributed by atoms with E-state index in [1.807, 2.05) is 24.3 Å². The molecular formula is C11H12N2O3. The molecule has 1 N–H and O–H groups in total. The van der Waals surface area contributed by atoms with Crippen molar-refractivity contribution >= 4 is 0 Å². The van der Waals surface area contributed by atoms with E-state index < -0.39 is 0 Å². The van der Waals surface area contributed by atoms with Crippen LogP contribution < -0.4 is 4.74 Å². The van der Waals surface area contributed by atoms with Crippen LogP contribution in [0, 0.1) is 0 Å². The van der Waals surface area contributed by atoms with Gasteiger partial charge in [-0.15, -0.1) is 0 Å². The lowest BCUT2D eigenvalue weighted by molar-refractivity contribution is 0.263. The molecule has 16 heavy (non-hydrogen) atoms. The average Bonchev–Trinajstić information content (AvgIpc) is 2.77. The number of hydrogen-bond donors (Lipinski definition) is 1. The van der Waals surface area contributed by atoms with Gasteiger partial charge in [-0.1, -0.05) is 17.3 Å². The van der Waals surface area contributed by atoms with Crippen molar-refractivity contribution in [3.8, 4) is 5.75 Å². The van der Waals surface area contributed by atoms with Crippen LogP contribution in [0.2, 0.25) is 0 Å². The van der Waals surface area contributed by atoms with E-state index in [4.69, 9.17) is 14.4 Å². The zero-order valence-electron chi connectivity index (χ0n) is 8.88. The van der Waals surface area contributed by atoms with Gasteiger partial charge < -0.3 is 14.4 Å². The van der Waals surface area contributed by atoms with Gasteiger partial charge in [0.25, 0.3) is 0 Å². The first-order valence-corrected chi connectivity index (χ1v) is 4.87. The fraction of sp³-hybridized carbons (Fsp3) is 0.273. The number of aliphatic hydroxyl groups excluding tert-OH is 1. The predicted octanol–water partition coefficient (Wildman–Crippen LogP) is 1.16. The van der Waals surface area contributed by atoms with Crippen LogP contribution in [0.5, 0.6) is 5.75 Å². The maximum atomic E-state index is 8.79. The van der Waals surface area contributed by atoms with E-state index in [1.165, 1.54) is 0 Å². The highest BCUT2D eigenvalue weighted by Gasteiger charge is 2.06. The van der Waals surface area contributed by atoms with Gasteiger partial charge in [-0.05, 0) is 17.7 Å². The van der Waals surface area contributed by atoms with Gasteiger partial charge in [-0.25, -0.2) is 0 Å². The van der Waals surface area contributed by atoms with Crippen molar-refractivity contribution < 1.29 is 14.4 Å². The maximum absolute atomic E-state index is 8.79. The molecule has 0 bridgehead atoms. The van der Waals surface area contributed by atoms with Gasteiger partial charge in [0, 0.05) is 0 Å². The first-order valence-electron chi connectivity index (χ1n) is 4.87. The summed E-state index contributed by atoms with van der Waals surface area (Å²) in [7, 11) is 1.62. The van der Waals surface area contributed by atoms with Crippen LogP contribution in [0.1, 0.15) is 17.3 Å². The van der Waals surface area contributed by atoms with E-state index >= 15 is 0 Å². The van der Waals surface area contributed by atoms with Crippen molar-refractivity contribution in [3.05, 3.63) is 41.5 Å². The second-order valence-electron chi connectivity index (χ2n) is 3.29. The first kappa shape index (κ1) is 10.6. The summed E-state index contributed by atoms with van der Waals surface area (Å²) in [5.74, 6) is 1.58. The summed E-state index contributed by atoms with van der Waals surface area (Å²) in [6.45, 7) is -0.207. The predicted molar refractivity (Wildman–Crippen MR) is 56.0 cm³/mol. The van der Waals surface area contributed by atoms with Crippen LogP contribution in [-0.4, -0.2) is 22.4 Å². The smallest absolute Gasteiger partial charge is 0.231 e. The Labute approximate surface area is 92.7 Å². The maximum Gasteiger partial charge on any atom is 0.231 e. The standard InChI is InChI=1S/C11H12N2O3/c1-15-9-4-2-3-8(5-9)6-11-12-10(7-14)13-16-11/h2-5,14H,6-7H2,1H3. The van der Waals surface area contributed by atoms with Crippen LogP contribution >= 0.6 is 0 Å². The third-order valence-corrected chi connectivity index (χ3v) is 2.14. The molecule has 0 unspecified atom stereocenters. The largest absolute Gasteiger partial charge is 0.497 e. The molecule has 0 saturated carbocycles. The molecule has 0 atom stereocenters. The number of ether oxygens (including phenoxy) is 1. The van der Waals surface area contributed by atoms with E-state index in [9.17, 15) is 0 Å². The Morgan fingerprint density at radius 3 is 3.00 bits per heavy atom. The summed E-state index contributed by atoms with van der Waals surface area (Å²) in [4.78, 5) is 4.01. The average molecular weight is 220 g/mol. The summed E-state index contributed by atoms with van der Waals surface area (Å²) < 4.78 is 10.1. The van der Waals surface area contributed by atoms with Gasteiger partial charge in [0.1, 0.15) is 12.4 Å². The van der Waals surface area contributed by atoms with Crippen molar-refractivity contribution in [1.82, 2.24) is 10.1 Å². The molecule has 84 valence electrons. The molecule has 1 aromatic heterocycles. The van der Waals surface area contributed by atoms with E-state index in [0.717, 1.165) is 11.3 Å². The summed E-state index contributed by atoms with van der Waals surface area (Å²) in [5, 5.41) is 12.4. The SMILES string of the molecule is COc1cccc(Cc2nc(CO)no2)c1. The Balaban J connectivity index is 2.13. The van der Waals surface area contributed by atoms with Gasteiger partial charge in [0.2, 0.25) is 5.89 Å². The minimum Gasteiger partial charge on any atom is -0.497 e. The minimum absolute atomic E-state index is 0.207. The first-order chi connectivity index (χ1) is 7.81. The Bertz CT molecular complexity index is 468. The molecule has 0 aliphatic rings. The fourth-order valence-electron chi connectivity index (χ4n) is 1.38. The molecular weight excluding hydrogens is 208 g/mol. The van der Waals surface area contributed by atoms with Crippen LogP contribution in [0.25, 0.3) is 0 Å². The zero-order chi connectivity index (χ0) is 11.4. The topological polar surface area (TPSA) is 68.4 Å². The highest BCUT2D eigenvalue weighted by Crippen LogP contribution is 2.15. The second-order valence-corrected chi connectivity index (χ2v) is 3.29. The molecule has 0 radical (unpaired) electrons. The van der Waals surface area contributed by atoms with Gasteiger partial charge in [0.05, 0.1) is 13.5 Å². The molecule has 2 rings (SSSR count). The third-order valence-electron chi connectivity index (χ3n) is 2.14. The lowest BCUT2D eigenvalue weighted by Crippen LogP contribution is -1.91. The van der Waals surface area contributed by atoms with E-state index in [2.05, 4.69) is 10.1 Å². The minimum atomic E-state index is -0.207. The number of hydrogen-bond acceptors (Lipinski definition) is 5. The van der Waals surface area contributed by atoms with Crippen molar-refractivity contribution in [2.24, 2.45) is 0 Å². The zero-order valence-corrected chi connectivity index (χ0v) is 8.88. The molecule has 5 nitrogen and oxygen atoms in total. The molecule has 0 saturated heterocycles. The van der Waals surface area contributed by atoms with Crippen LogP contribution in [0.4, 0.5) is 0 Å². The summed E-state index contributed by atoms with van der Waals surface area (Å²) >= 11 is 0. The fourth-order valence-corrected chi connectivity index (χ4v) is 1.38. The van der Waals surface area contributed by atoms with Gasteiger partial charge in [0.15, 0.2) is 5.82 Å². The van der Waals surface area contributed by atoms with Gasteiger partial charge >= 0.3 is 0 Å². The summed E-state index contributed by atoms with van der Waals surface area (Å²) in [6, 6.07) is 7.63. The van der Waals surface area contributed by atoms with Crippen LogP contribution in [0.3, 0.4) is 0 Å². The number of aliphatic hydroxyl groups is 1. The van der Waals surface area contributed by atoms with Gasteiger partial charge in [-0.3, -0.25) is 0 Å². The lowest BCUT2D eigenvalue weighted by atomic mass is 10.1. The number of benzene rings is 1. The lowest BCUT2D eigenvalue weighted by Gasteiger charge is -2.01. The van der Waals surface area contributed by atoms with Crippen molar-refractivity contribution in [1.29, 1.82) is 0 Å². The summed E-state index contributed by atoms with van der Waals surface area (Å²) in [5.41, 5.74) is 1.02. The van der Waals surface area contributed by atoms with Gasteiger partial charge in [-0.2, -0.15) is 4.98 Å². The monoisotopic (exact) mass is 220 g/mol. The van der Waals surface area contributed by atoms with Crippen molar-refractivity contribution in [2.45, 2.75) is 13.0 Å². The molecule has 5 heteroatoms. The molecule has 1 aromatic carbocycles. The number of rotatable bonds is 4. The Hall–Kier alpha value is -1.88. The normalized spacial score (nSPS) is 10.4. The highest BCUT2D eigenvalue weighted by molar-refractivity contribution is 5.29.